The molecule has 0 fully saturated rings. The number of nitrogens with zero attached hydrogens (tertiary/aromatic N) is 1. The number of rotatable bonds is 5. The number of anilines is 1. The Morgan fingerprint density at radius 3 is 2.40 bits per heavy atom. The van der Waals surface area contributed by atoms with E-state index >= 15 is 0 Å². The Bertz CT molecular complexity index is 586. The average molecular weight is 271 g/mol. The van der Waals surface area contributed by atoms with E-state index in [0.29, 0.717) is 11.3 Å². The molecule has 1 amide bonds. The molecule has 0 aliphatic heterocycles. The summed E-state index contributed by atoms with van der Waals surface area (Å²) in [4.78, 5) is 28.4. The Morgan fingerprint density at radius 2 is 1.85 bits per heavy atom. The van der Waals surface area contributed by atoms with Gasteiger partial charge in [-0.15, -0.1) is 0 Å². The highest BCUT2D eigenvalue weighted by Crippen LogP contribution is 2.12. The minimum absolute atomic E-state index is 0.0147. The number of amides is 1. The second kappa shape index (κ2) is 6.06. The smallest absolute Gasteiger partial charge is 0.268 e. The topological polar surface area (TPSA) is 65.2 Å². The molecule has 2 N–H and O–H groups in total. The Morgan fingerprint density at radius 1 is 1.15 bits per heavy atom. The Balaban J connectivity index is 1.93. The maximum absolute atomic E-state index is 12.0. The molecule has 20 heavy (non-hydrogen) atoms. The highest BCUT2D eigenvalue weighted by Gasteiger charge is 2.10. The first kappa shape index (κ1) is 13.9. The van der Waals surface area contributed by atoms with Crippen LogP contribution in [0.4, 0.5) is 5.69 Å². The first-order valence-electron chi connectivity index (χ1n) is 6.30. The summed E-state index contributed by atoms with van der Waals surface area (Å²) < 4.78 is 0. The molecule has 2 rings (SSSR count). The molecule has 0 aliphatic carbocycles. The van der Waals surface area contributed by atoms with Crippen molar-refractivity contribution in [1.82, 2.24) is 10.3 Å². The van der Waals surface area contributed by atoms with E-state index in [4.69, 9.17) is 0 Å². The van der Waals surface area contributed by atoms with E-state index in [1.807, 2.05) is 31.1 Å². The van der Waals surface area contributed by atoms with Crippen LogP contribution < -0.4 is 10.2 Å². The molecular formula is C15H17N3O2. The number of hydrogen-bond acceptors (Lipinski definition) is 3. The lowest BCUT2D eigenvalue weighted by molar-refractivity contribution is 0.0901. The highest BCUT2D eigenvalue weighted by atomic mass is 16.2. The molecule has 0 unspecified atom stereocenters. The largest absolute Gasteiger partial charge is 0.378 e. The van der Waals surface area contributed by atoms with Crippen molar-refractivity contribution in [3.05, 3.63) is 53.9 Å². The van der Waals surface area contributed by atoms with Crippen LogP contribution in [0.2, 0.25) is 0 Å². The van der Waals surface area contributed by atoms with Gasteiger partial charge >= 0.3 is 0 Å². The van der Waals surface area contributed by atoms with Crippen LogP contribution in [0.15, 0.2) is 42.6 Å². The van der Waals surface area contributed by atoms with E-state index in [0.717, 1.165) is 5.69 Å². The van der Waals surface area contributed by atoms with E-state index in [1.54, 1.807) is 30.5 Å². The lowest BCUT2D eigenvalue weighted by Gasteiger charge is -2.12. The van der Waals surface area contributed by atoms with Gasteiger partial charge in [0.15, 0.2) is 5.78 Å². The van der Waals surface area contributed by atoms with Crippen molar-refractivity contribution in [2.24, 2.45) is 0 Å². The van der Waals surface area contributed by atoms with Gasteiger partial charge in [-0.1, -0.05) is 0 Å². The zero-order valence-electron chi connectivity index (χ0n) is 11.5. The molecule has 1 aromatic heterocycles. The van der Waals surface area contributed by atoms with Crippen LogP contribution in [-0.4, -0.2) is 37.3 Å². The van der Waals surface area contributed by atoms with Gasteiger partial charge < -0.3 is 15.2 Å². The van der Waals surface area contributed by atoms with E-state index < -0.39 is 0 Å². The van der Waals surface area contributed by atoms with E-state index in [1.165, 1.54) is 0 Å². The Labute approximate surface area is 117 Å². The van der Waals surface area contributed by atoms with Crippen molar-refractivity contribution in [1.29, 1.82) is 0 Å². The average Bonchev–Trinajstić information content (AvgIpc) is 2.98. The molecule has 0 bridgehead atoms. The van der Waals surface area contributed by atoms with Crippen molar-refractivity contribution in [2.75, 3.05) is 25.5 Å². The SMILES string of the molecule is CN(C)c1ccc(C(=O)CNC(=O)c2ccc[nH]2)cc1. The molecular weight excluding hydrogens is 254 g/mol. The Hall–Kier alpha value is -2.56. The number of Topliss-reactive ketones (excluding diaryl/α,β-unsaturated/α-hetero) is 1. The van der Waals surface area contributed by atoms with Gasteiger partial charge in [-0.2, -0.15) is 0 Å². The summed E-state index contributed by atoms with van der Waals surface area (Å²) in [7, 11) is 3.88. The number of carbonyl (C=O) groups excluding carboxylic acids is 2. The standard InChI is InChI=1S/C15H17N3O2/c1-18(2)12-7-5-11(6-8-12)14(19)10-17-15(20)13-4-3-9-16-13/h3-9,16H,10H2,1-2H3,(H,17,20). The van der Waals surface area contributed by atoms with Gasteiger partial charge in [0, 0.05) is 31.5 Å². The first-order valence-corrected chi connectivity index (χ1v) is 6.30. The molecule has 0 saturated heterocycles. The van der Waals surface area contributed by atoms with E-state index in [2.05, 4.69) is 10.3 Å². The number of benzene rings is 1. The van der Waals surface area contributed by atoms with Gasteiger partial charge in [-0.05, 0) is 36.4 Å². The summed E-state index contributed by atoms with van der Waals surface area (Å²) in [5, 5.41) is 2.59. The van der Waals surface area contributed by atoms with Gasteiger partial charge in [0.1, 0.15) is 5.69 Å². The molecule has 0 atom stereocenters. The van der Waals surface area contributed by atoms with Crippen molar-refractivity contribution in [3.63, 3.8) is 0 Å². The van der Waals surface area contributed by atoms with Gasteiger partial charge in [0.25, 0.3) is 5.91 Å². The van der Waals surface area contributed by atoms with E-state index in [9.17, 15) is 9.59 Å². The quantitative estimate of drug-likeness (QED) is 0.813. The van der Waals surface area contributed by atoms with Crippen molar-refractivity contribution in [2.45, 2.75) is 0 Å². The number of carbonyl (C=O) groups is 2. The summed E-state index contributed by atoms with van der Waals surface area (Å²) in [5.41, 5.74) is 2.06. The highest BCUT2D eigenvalue weighted by molar-refractivity contribution is 6.01. The summed E-state index contributed by atoms with van der Waals surface area (Å²) >= 11 is 0. The minimum atomic E-state index is -0.284. The van der Waals surface area contributed by atoms with Crippen LogP contribution in [0.5, 0.6) is 0 Å². The van der Waals surface area contributed by atoms with Crippen LogP contribution in [-0.2, 0) is 0 Å². The zero-order chi connectivity index (χ0) is 14.5. The fourth-order valence-corrected chi connectivity index (χ4v) is 1.77. The number of aromatic amines is 1. The fourth-order valence-electron chi connectivity index (χ4n) is 1.77. The van der Waals surface area contributed by atoms with Gasteiger partial charge in [0.05, 0.1) is 6.54 Å². The minimum Gasteiger partial charge on any atom is -0.378 e. The fraction of sp³-hybridized carbons (Fsp3) is 0.200. The predicted molar refractivity (Wildman–Crippen MR) is 78.2 cm³/mol. The number of nitrogens with one attached hydrogen (secondary N) is 2. The van der Waals surface area contributed by atoms with Gasteiger partial charge in [-0.3, -0.25) is 9.59 Å². The second-order valence-corrected chi connectivity index (χ2v) is 4.63. The lowest BCUT2D eigenvalue weighted by atomic mass is 10.1. The third-order valence-electron chi connectivity index (χ3n) is 2.96. The normalized spacial score (nSPS) is 10.1. The predicted octanol–water partition coefficient (Wildman–Crippen LogP) is 1.69. The van der Waals surface area contributed by atoms with Crippen molar-refractivity contribution in [3.8, 4) is 0 Å². The molecule has 5 nitrogen and oxygen atoms in total. The summed E-state index contributed by atoms with van der Waals surface area (Å²) in [6, 6.07) is 10.7. The summed E-state index contributed by atoms with van der Waals surface area (Å²) in [5.74, 6) is -0.400. The molecule has 0 spiro atoms. The third kappa shape index (κ3) is 3.26. The number of hydrogen-bond donors (Lipinski definition) is 2. The molecule has 1 heterocycles. The molecule has 0 radical (unpaired) electrons. The molecule has 1 aromatic carbocycles. The maximum atomic E-state index is 12.0. The molecule has 5 heteroatoms. The monoisotopic (exact) mass is 271 g/mol. The molecule has 0 aliphatic rings. The maximum Gasteiger partial charge on any atom is 0.268 e. The molecule has 0 saturated carbocycles. The van der Waals surface area contributed by atoms with Crippen LogP contribution in [0, 0.1) is 0 Å². The third-order valence-corrected chi connectivity index (χ3v) is 2.96. The second-order valence-electron chi connectivity index (χ2n) is 4.63. The lowest BCUT2D eigenvalue weighted by Crippen LogP contribution is -2.29. The first-order chi connectivity index (χ1) is 9.58. The van der Waals surface area contributed by atoms with Crippen LogP contribution >= 0.6 is 0 Å². The molecule has 104 valence electrons. The number of aromatic nitrogens is 1. The van der Waals surface area contributed by atoms with Crippen LogP contribution in [0.25, 0.3) is 0 Å². The van der Waals surface area contributed by atoms with Gasteiger partial charge in [-0.25, -0.2) is 0 Å². The number of ketones is 1. The zero-order valence-corrected chi connectivity index (χ0v) is 11.5. The molecule has 2 aromatic rings. The van der Waals surface area contributed by atoms with Crippen molar-refractivity contribution < 1.29 is 9.59 Å². The Kier molecular flexibility index (Phi) is 4.20. The van der Waals surface area contributed by atoms with Crippen LogP contribution in [0.1, 0.15) is 20.8 Å². The summed E-state index contributed by atoms with van der Waals surface area (Å²) in [6.07, 6.45) is 1.66. The van der Waals surface area contributed by atoms with Crippen molar-refractivity contribution >= 4 is 17.4 Å². The van der Waals surface area contributed by atoms with Gasteiger partial charge in [0.2, 0.25) is 0 Å². The van der Waals surface area contributed by atoms with Crippen LogP contribution in [0.3, 0.4) is 0 Å². The number of H-pyrrole nitrogens is 1. The van der Waals surface area contributed by atoms with E-state index in [-0.39, 0.29) is 18.2 Å². The summed E-state index contributed by atoms with van der Waals surface area (Å²) in [6.45, 7) is -0.0147.